The maximum absolute atomic E-state index is 9.93. The molecule has 4 nitrogen and oxygen atoms in total. The summed E-state index contributed by atoms with van der Waals surface area (Å²) < 4.78 is 2.46. The summed E-state index contributed by atoms with van der Waals surface area (Å²) in [6.45, 7) is 12.5. The molecule has 0 aliphatic rings. The van der Waals surface area contributed by atoms with Crippen molar-refractivity contribution >= 4 is 27.8 Å². The highest BCUT2D eigenvalue weighted by Gasteiger charge is 2.12. The Morgan fingerprint density at radius 3 is 1.68 bits per heavy atom. The molecule has 0 aliphatic heterocycles. The van der Waals surface area contributed by atoms with E-state index in [-0.39, 0.29) is 5.92 Å². The van der Waals surface area contributed by atoms with Crippen molar-refractivity contribution in [2.45, 2.75) is 72.8 Å². The second-order valence-corrected chi connectivity index (χ2v) is 8.90. The van der Waals surface area contributed by atoms with Gasteiger partial charge in [-0.05, 0) is 61.9 Å². The van der Waals surface area contributed by atoms with Gasteiger partial charge < -0.3 is 9.67 Å². The summed E-state index contributed by atoms with van der Waals surface area (Å²) in [4.78, 5) is 13.9. The quantitative estimate of drug-likeness (QED) is 0.314. The number of benzene rings is 2. The first-order chi connectivity index (χ1) is 16.3. The second kappa shape index (κ2) is 13.5. The third-order valence-corrected chi connectivity index (χ3v) is 6.57. The van der Waals surface area contributed by atoms with Crippen molar-refractivity contribution in [2.75, 3.05) is 0 Å². The number of aliphatic carboxylic acids is 1. The lowest BCUT2D eigenvalue weighted by Gasteiger charge is -2.14. The molecule has 0 bridgehead atoms. The van der Waals surface area contributed by atoms with Crippen LogP contribution in [0.5, 0.6) is 0 Å². The molecule has 4 aromatic rings. The molecule has 2 aromatic carbocycles. The van der Waals surface area contributed by atoms with Crippen molar-refractivity contribution in [1.82, 2.24) is 9.55 Å². The molecular weight excluding hydrogens is 420 g/mol. The summed E-state index contributed by atoms with van der Waals surface area (Å²) in [5.74, 6) is -0.217. The predicted molar refractivity (Wildman–Crippen MR) is 144 cm³/mol. The van der Waals surface area contributed by atoms with Crippen LogP contribution in [-0.2, 0) is 4.79 Å². The van der Waals surface area contributed by atoms with Crippen LogP contribution in [0.25, 0.3) is 21.8 Å². The first-order valence-electron chi connectivity index (χ1n) is 12.5. The minimum atomic E-state index is -0.706. The summed E-state index contributed by atoms with van der Waals surface area (Å²) in [5.41, 5.74) is 4.09. The number of nitrogens with zero attached hydrogens (tertiary/aromatic N) is 2. The van der Waals surface area contributed by atoms with Crippen molar-refractivity contribution in [3.63, 3.8) is 0 Å². The van der Waals surface area contributed by atoms with E-state index in [1.807, 2.05) is 19.3 Å². The molecule has 1 N–H and O–H groups in total. The number of hydrogen-bond acceptors (Lipinski definition) is 2. The van der Waals surface area contributed by atoms with Gasteiger partial charge in [0.2, 0.25) is 0 Å². The Kier molecular flexibility index (Phi) is 10.8. The molecule has 182 valence electrons. The second-order valence-electron chi connectivity index (χ2n) is 8.90. The molecule has 0 saturated heterocycles. The highest BCUT2D eigenvalue weighted by Crippen LogP contribution is 2.32. The Morgan fingerprint density at radius 1 is 0.794 bits per heavy atom. The molecule has 0 aliphatic carbocycles. The number of carbonyl (C=O) groups is 1. The molecule has 0 spiro atoms. The highest BCUT2D eigenvalue weighted by atomic mass is 16.4. The zero-order valence-electron chi connectivity index (χ0n) is 21.5. The minimum absolute atomic E-state index is 0.181. The third-order valence-electron chi connectivity index (χ3n) is 6.57. The van der Waals surface area contributed by atoms with E-state index in [9.17, 15) is 4.79 Å². The van der Waals surface area contributed by atoms with Crippen LogP contribution < -0.4 is 0 Å². The van der Waals surface area contributed by atoms with E-state index in [0.29, 0.717) is 12.0 Å². The fraction of sp³-hybridized carbons (Fsp3) is 0.400. The van der Waals surface area contributed by atoms with E-state index in [4.69, 9.17) is 5.11 Å². The number of pyridine rings is 1. The summed E-state index contributed by atoms with van der Waals surface area (Å²) in [6.07, 6.45) is 6.77. The molecule has 3 atom stereocenters. The van der Waals surface area contributed by atoms with Crippen LogP contribution in [0.3, 0.4) is 0 Å². The normalized spacial score (nSPS) is 13.2. The summed E-state index contributed by atoms with van der Waals surface area (Å²) in [6, 6.07) is 22.1. The number of carboxylic acid groups (broad SMARTS) is 1. The maximum atomic E-state index is 9.93. The first kappa shape index (κ1) is 27.1. The molecule has 0 radical (unpaired) electrons. The third kappa shape index (κ3) is 6.93. The minimum Gasteiger partial charge on any atom is -0.481 e. The van der Waals surface area contributed by atoms with Crippen LogP contribution in [-0.4, -0.2) is 20.6 Å². The van der Waals surface area contributed by atoms with Gasteiger partial charge in [-0.25, -0.2) is 0 Å². The van der Waals surface area contributed by atoms with E-state index < -0.39 is 5.97 Å². The summed E-state index contributed by atoms with van der Waals surface area (Å²) >= 11 is 0. The zero-order valence-corrected chi connectivity index (χ0v) is 21.5. The Morgan fingerprint density at radius 2 is 1.29 bits per heavy atom. The molecule has 34 heavy (non-hydrogen) atoms. The zero-order chi connectivity index (χ0) is 25.1. The number of carboxylic acids is 1. The maximum Gasteiger partial charge on any atom is 0.306 e. The largest absolute Gasteiger partial charge is 0.481 e. The number of aromatic nitrogens is 2. The Labute approximate surface area is 204 Å². The Balaban J connectivity index is 0.000000205. The lowest BCUT2D eigenvalue weighted by atomic mass is 10.0. The van der Waals surface area contributed by atoms with Crippen molar-refractivity contribution < 1.29 is 9.90 Å². The fourth-order valence-corrected chi connectivity index (χ4v) is 3.71. The van der Waals surface area contributed by atoms with Crippen molar-refractivity contribution in [3.05, 3.63) is 78.6 Å². The number of hydrogen-bond donors (Lipinski definition) is 1. The van der Waals surface area contributed by atoms with Gasteiger partial charge in [-0.15, -0.1) is 0 Å². The van der Waals surface area contributed by atoms with E-state index in [0.717, 1.165) is 12.8 Å². The van der Waals surface area contributed by atoms with Gasteiger partial charge >= 0.3 is 5.97 Å². The molecule has 3 unspecified atom stereocenters. The molecular formula is C30H40N2O2. The standard InChI is InChI=1S/C16H17N.C9H13N.C5H10O2/c1-3-12(2)17-15-10-6-4-8-13(15)14-9-5-7-11-16(14)17;1-3-8(2)9-4-6-10-7-5-9;1-3-4(2)5(6)7/h4-12H,3H2,1-2H3;4-8H,3H2,1-2H3;4H,3H2,1-2H3,(H,6,7). The first-order valence-corrected chi connectivity index (χ1v) is 12.5. The highest BCUT2D eigenvalue weighted by molar-refractivity contribution is 6.08. The van der Waals surface area contributed by atoms with Crippen molar-refractivity contribution in [2.24, 2.45) is 5.92 Å². The Hall–Kier alpha value is -3.14. The number of para-hydroxylation sites is 2. The van der Waals surface area contributed by atoms with Gasteiger partial charge in [-0.1, -0.05) is 71.0 Å². The SMILES string of the molecule is CCC(C)C(=O)O.CCC(C)c1ccncc1.CCC(C)n1c2ccccc2c2ccccc21. The number of fused-ring (bicyclic) bond motifs is 3. The lowest BCUT2D eigenvalue weighted by Crippen LogP contribution is -2.06. The van der Waals surface area contributed by atoms with Gasteiger partial charge in [0, 0.05) is 40.2 Å². The molecule has 0 saturated carbocycles. The van der Waals surface area contributed by atoms with Crippen LogP contribution in [0, 0.1) is 5.92 Å². The smallest absolute Gasteiger partial charge is 0.306 e. The Bertz CT molecular complexity index is 1100. The van der Waals surface area contributed by atoms with Gasteiger partial charge in [0.05, 0.1) is 5.92 Å². The van der Waals surface area contributed by atoms with Crippen molar-refractivity contribution in [1.29, 1.82) is 0 Å². The molecule has 4 rings (SSSR count). The van der Waals surface area contributed by atoms with E-state index in [1.54, 1.807) is 6.92 Å². The summed E-state index contributed by atoms with van der Waals surface area (Å²) in [7, 11) is 0. The molecule has 0 amide bonds. The van der Waals surface area contributed by atoms with Crippen LogP contribution >= 0.6 is 0 Å². The summed E-state index contributed by atoms with van der Waals surface area (Å²) in [5, 5.41) is 10.9. The monoisotopic (exact) mass is 460 g/mol. The van der Waals surface area contributed by atoms with Crippen molar-refractivity contribution in [3.8, 4) is 0 Å². The van der Waals surface area contributed by atoms with E-state index in [2.05, 4.69) is 97.9 Å². The van der Waals surface area contributed by atoms with Crippen LogP contribution in [0.15, 0.2) is 73.1 Å². The van der Waals surface area contributed by atoms with E-state index in [1.165, 1.54) is 33.8 Å². The number of rotatable bonds is 6. The molecule has 4 heteroatoms. The van der Waals surface area contributed by atoms with Gasteiger partial charge in [0.1, 0.15) is 0 Å². The van der Waals surface area contributed by atoms with Gasteiger partial charge in [-0.2, -0.15) is 0 Å². The predicted octanol–water partition coefficient (Wildman–Crippen LogP) is 8.48. The van der Waals surface area contributed by atoms with E-state index >= 15 is 0 Å². The lowest BCUT2D eigenvalue weighted by molar-refractivity contribution is -0.141. The molecule has 0 fully saturated rings. The van der Waals surface area contributed by atoms with Crippen LogP contribution in [0.4, 0.5) is 0 Å². The van der Waals surface area contributed by atoms with Crippen LogP contribution in [0.1, 0.15) is 78.3 Å². The van der Waals surface area contributed by atoms with Gasteiger partial charge in [0.15, 0.2) is 0 Å². The molecule has 2 heterocycles. The average Bonchev–Trinajstić information content (AvgIpc) is 3.23. The van der Waals surface area contributed by atoms with Crippen LogP contribution in [0.2, 0.25) is 0 Å². The van der Waals surface area contributed by atoms with Gasteiger partial charge in [0.25, 0.3) is 0 Å². The molecule has 2 aromatic heterocycles. The average molecular weight is 461 g/mol. The fourth-order valence-electron chi connectivity index (χ4n) is 3.71. The van der Waals surface area contributed by atoms with Gasteiger partial charge in [-0.3, -0.25) is 9.78 Å². The topological polar surface area (TPSA) is 55.1 Å².